The second kappa shape index (κ2) is 7.55. The number of fused-ring (bicyclic) bond motifs is 1. The van der Waals surface area contributed by atoms with E-state index in [1.54, 1.807) is 22.9 Å². The third-order valence-corrected chi connectivity index (χ3v) is 5.04. The Morgan fingerprint density at radius 1 is 1.23 bits per heavy atom. The normalized spacial score (nSPS) is 17.3. The number of para-hydroxylation sites is 1. The van der Waals surface area contributed by atoms with Crippen LogP contribution in [0.5, 0.6) is 0 Å². The third kappa shape index (κ3) is 3.37. The van der Waals surface area contributed by atoms with Crippen molar-refractivity contribution in [3.63, 3.8) is 0 Å². The molecule has 0 spiro atoms. The summed E-state index contributed by atoms with van der Waals surface area (Å²) in [6.45, 7) is 4.65. The van der Waals surface area contributed by atoms with E-state index in [0.29, 0.717) is 17.9 Å². The molecule has 1 N–H and O–H groups in total. The molecule has 1 aliphatic carbocycles. The van der Waals surface area contributed by atoms with Crippen LogP contribution >= 0.6 is 0 Å². The van der Waals surface area contributed by atoms with E-state index in [0.717, 1.165) is 63.4 Å². The van der Waals surface area contributed by atoms with Crippen molar-refractivity contribution >= 4 is 5.91 Å². The van der Waals surface area contributed by atoms with Crippen molar-refractivity contribution in [3.8, 4) is 5.69 Å². The number of morpholine rings is 1. The summed E-state index contributed by atoms with van der Waals surface area (Å²) in [5, 5.41) is 7.42. The van der Waals surface area contributed by atoms with E-state index in [2.05, 4.69) is 15.3 Å². The highest BCUT2D eigenvalue weighted by molar-refractivity contribution is 5.94. The lowest BCUT2D eigenvalue weighted by molar-refractivity contribution is 0.0383. The van der Waals surface area contributed by atoms with E-state index in [-0.39, 0.29) is 11.7 Å². The van der Waals surface area contributed by atoms with Crippen LogP contribution in [0.15, 0.2) is 24.3 Å². The first-order valence-corrected chi connectivity index (χ1v) is 9.18. The van der Waals surface area contributed by atoms with E-state index in [1.165, 1.54) is 6.07 Å². The Labute approximate surface area is 151 Å². The Kier molecular flexibility index (Phi) is 4.99. The highest BCUT2D eigenvalue weighted by atomic mass is 19.1. The van der Waals surface area contributed by atoms with Crippen molar-refractivity contribution in [3.05, 3.63) is 47.0 Å². The zero-order valence-corrected chi connectivity index (χ0v) is 14.7. The summed E-state index contributed by atoms with van der Waals surface area (Å²) >= 11 is 0. The van der Waals surface area contributed by atoms with Gasteiger partial charge < -0.3 is 10.1 Å². The van der Waals surface area contributed by atoms with Crippen LogP contribution in [0.2, 0.25) is 0 Å². The van der Waals surface area contributed by atoms with Gasteiger partial charge in [0.05, 0.1) is 13.2 Å². The lowest BCUT2D eigenvalue weighted by atomic mass is 10.2. The van der Waals surface area contributed by atoms with Gasteiger partial charge in [-0.15, -0.1) is 0 Å². The highest BCUT2D eigenvalue weighted by Crippen LogP contribution is 2.28. The summed E-state index contributed by atoms with van der Waals surface area (Å²) in [6.07, 6.45) is 2.60. The zero-order valence-electron chi connectivity index (χ0n) is 14.7. The quantitative estimate of drug-likeness (QED) is 0.881. The molecule has 0 bridgehead atoms. The number of hydrogen-bond donors (Lipinski definition) is 1. The van der Waals surface area contributed by atoms with Crippen LogP contribution < -0.4 is 5.32 Å². The molecule has 138 valence electrons. The molecule has 0 radical (unpaired) electrons. The van der Waals surface area contributed by atoms with E-state index >= 15 is 0 Å². The van der Waals surface area contributed by atoms with E-state index < -0.39 is 0 Å². The van der Waals surface area contributed by atoms with Gasteiger partial charge in [-0.05, 0) is 31.4 Å². The van der Waals surface area contributed by atoms with Crippen molar-refractivity contribution < 1.29 is 13.9 Å². The molecular weight excluding hydrogens is 335 g/mol. The number of carbonyl (C=O) groups is 1. The Bertz CT molecular complexity index is 799. The molecule has 0 atom stereocenters. The van der Waals surface area contributed by atoms with E-state index in [9.17, 15) is 9.18 Å². The van der Waals surface area contributed by atoms with Crippen LogP contribution in [0.4, 0.5) is 4.39 Å². The minimum Gasteiger partial charge on any atom is -0.379 e. The maximum Gasteiger partial charge on any atom is 0.272 e. The van der Waals surface area contributed by atoms with Gasteiger partial charge in [0, 0.05) is 37.4 Å². The van der Waals surface area contributed by atoms with Crippen LogP contribution in [0.25, 0.3) is 5.69 Å². The topological polar surface area (TPSA) is 59.4 Å². The van der Waals surface area contributed by atoms with Crippen LogP contribution in [0.1, 0.15) is 28.2 Å². The van der Waals surface area contributed by atoms with Crippen molar-refractivity contribution in [1.82, 2.24) is 20.0 Å². The van der Waals surface area contributed by atoms with Gasteiger partial charge in [0.25, 0.3) is 5.91 Å². The molecule has 6 nitrogen and oxygen atoms in total. The molecule has 0 saturated carbocycles. The number of nitrogens with zero attached hydrogens (tertiary/aromatic N) is 3. The Morgan fingerprint density at radius 3 is 2.85 bits per heavy atom. The SMILES string of the molecule is O=C(NCCN1CCOCC1)c1nn(-c2ccccc2F)c2c1CCC2. The minimum atomic E-state index is -0.330. The number of nitrogens with one attached hydrogen (secondary N) is 1. The van der Waals surface area contributed by atoms with Crippen molar-refractivity contribution in [2.75, 3.05) is 39.4 Å². The molecule has 0 unspecified atom stereocenters. The third-order valence-electron chi connectivity index (χ3n) is 5.04. The Morgan fingerprint density at radius 2 is 2.04 bits per heavy atom. The summed E-state index contributed by atoms with van der Waals surface area (Å²) < 4.78 is 21.1. The summed E-state index contributed by atoms with van der Waals surface area (Å²) in [4.78, 5) is 14.9. The second-order valence-corrected chi connectivity index (χ2v) is 6.70. The number of ether oxygens (including phenoxy) is 1. The summed E-state index contributed by atoms with van der Waals surface area (Å²) in [5.74, 6) is -0.504. The monoisotopic (exact) mass is 358 g/mol. The average molecular weight is 358 g/mol. The number of carbonyl (C=O) groups excluding carboxylic acids is 1. The fourth-order valence-electron chi connectivity index (χ4n) is 3.68. The fraction of sp³-hybridized carbons (Fsp3) is 0.474. The number of aromatic nitrogens is 2. The zero-order chi connectivity index (χ0) is 17.9. The molecule has 2 aliphatic rings. The number of rotatable bonds is 5. The van der Waals surface area contributed by atoms with Crippen LogP contribution in [-0.2, 0) is 17.6 Å². The van der Waals surface area contributed by atoms with Gasteiger partial charge >= 0.3 is 0 Å². The van der Waals surface area contributed by atoms with E-state index in [4.69, 9.17) is 4.74 Å². The van der Waals surface area contributed by atoms with Crippen LogP contribution in [-0.4, -0.2) is 60.0 Å². The predicted octanol–water partition coefficient (Wildman–Crippen LogP) is 1.56. The van der Waals surface area contributed by atoms with Crippen molar-refractivity contribution in [1.29, 1.82) is 0 Å². The predicted molar refractivity (Wildman–Crippen MR) is 95.1 cm³/mol. The van der Waals surface area contributed by atoms with Crippen molar-refractivity contribution in [2.45, 2.75) is 19.3 Å². The molecule has 26 heavy (non-hydrogen) atoms. The first kappa shape index (κ1) is 17.2. The molecule has 2 aromatic rings. The standard InChI is InChI=1S/C19H23FN4O2/c20-15-5-1-2-6-17(15)24-16-7-3-4-14(16)18(22-24)19(25)21-8-9-23-10-12-26-13-11-23/h1-2,5-6H,3-4,7-13H2,(H,21,25). The highest BCUT2D eigenvalue weighted by Gasteiger charge is 2.27. The first-order valence-electron chi connectivity index (χ1n) is 9.18. The molecule has 1 aromatic heterocycles. The van der Waals surface area contributed by atoms with Crippen LogP contribution in [0, 0.1) is 5.82 Å². The number of halogens is 1. The smallest absolute Gasteiger partial charge is 0.272 e. The lowest BCUT2D eigenvalue weighted by Gasteiger charge is -2.26. The van der Waals surface area contributed by atoms with Gasteiger partial charge in [-0.3, -0.25) is 9.69 Å². The molecule has 1 amide bonds. The number of hydrogen-bond acceptors (Lipinski definition) is 4. The Hall–Kier alpha value is -2.25. The first-order chi connectivity index (χ1) is 12.7. The molecule has 7 heteroatoms. The largest absolute Gasteiger partial charge is 0.379 e. The van der Waals surface area contributed by atoms with Crippen molar-refractivity contribution in [2.24, 2.45) is 0 Å². The fourth-order valence-corrected chi connectivity index (χ4v) is 3.68. The van der Waals surface area contributed by atoms with Crippen LogP contribution in [0.3, 0.4) is 0 Å². The summed E-state index contributed by atoms with van der Waals surface area (Å²) in [7, 11) is 0. The van der Waals surface area contributed by atoms with Gasteiger partial charge in [0.2, 0.25) is 0 Å². The maximum atomic E-state index is 14.2. The molecular formula is C19H23FN4O2. The summed E-state index contributed by atoms with van der Waals surface area (Å²) in [5.41, 5.74) is 2.74. The van der Waals surface area contributed by atoms with Gasteiger partial charge in [-0.1, -0.05) is 12.1 Å². The van der Waals surface area contributed by atoms with Gasteiger partial charge in [-0.25, -0.2) is 9.07 Å². The molecule has 1 saturated heterocycles. The minimum absolute atomic E-state index is 0.175. The molecule has 1 fully saturated rings. The van der Waals surface area contributed by atoms with Gasteiger partial charge in [0.1, 0.15) is 11.5 Å². The maximum absolute atomic E-state index is 14.2. The molecule has 2 heterocycles. The second-order valence-electron chi connectivity index (χ2n) is 6.70. The molecule has 1 aromatic carbocycles. The average Bonchev–Trinajstić information content (AvgIpc) is 3.26. The van der Waals surface area contributed by atoms with Gasteiger partial charge in [0.15, 0.2) is 5.69 Å². The molecule has 4 rings (SSSR count). The Balaban J connectivity index is 1.49. The van der Waals surface area contributed by atoms with E-state index in [1.807, 2.05) is 0 Å². The molecule has 1 aliphatic heterocycles. The number of amides is 1. The lowest BCUT2D eigenvalue weighted by Crippen LogP contribution is -2.41. The number of benzene rings is 1. The summed E-state index contributed by atoms with van der Waals surface area (Å²) in [6, 6.07) is 6.55. The van der Waals surface area contributed by atoms with Gasteiger partial charge in [-0.2, -0.15) is 5.10 Å².